The number of halogens is 4. The van der Waals surface area contributed by atoms with Crippen molar-refractivity contribution in [2.24, 2.45) is 0 Å². The average molecular weight is 378 g/mol. The number of carbonyl (C=O) groups is 1. The number of carbonyl (C=O) groups excluding carboxylic acids is 1. The molecule has 0 aliphatic heterocycles. The molecule has 9 heteroatoms. The largest absolute Gasteiger partial charge is 0.418 e. The van der Waals surface area contributed by atoms with Gasteiger partial charge in [0.15, 0.2) is 0 Å². The summed E-state index contributed by atoms with van der Waals surface area (Å²) in [6.45, 7) is 2.32. The van der Waals surface area contributed by atoms with Crippen LogP contribution in [0, 0.1) is 6.92 Å². The SMILES string of the molecule is Cc1ncc(CN(C)CC(=O)Nc2ccc(Cl)cc2C(F)(F)F)s1. The van der Waals surface area contributed by atoms with Crippen molar-refractivity contribution < 1.29 is 18.0 Å². The monoisotopic (exact) mass is 377 g/mol. The number of aryl methyl sites for hydroxylation is 1. The number of hydrogen-bond acceptors (Lipinski definition) is 4. The van der Waals surface area contributed by atoms with Gasteiger partial charge in [-0.3, -0.25) is 9.69 Å². The maximum atomic E-state index is 13.0. The van der Waals surface area contributed by atoms with Crippen molar-refractivity contribution in [1.82, 2.24) is 9.88 Å². The number of likely N-dealkylation sites (N-methyl/N-ethyl adjacent to an activating group) is 1. The second-order valence-electron chi connectivity index (χ2n) is 5.25. The maximum Gasteiger partial charge on any atom is 0.418 e. The molecule has 2 rings (SSSR count). The fourth-order valence-electron chi connectivity index (χ4n) is 2.10. The van der Waals surface area contributed by atoms with E-state index in [0.29, 0.717) is 6.54 Å². The van der Waals surface area contributed by atoms with Gasteiger partial charge in [-0.2, -0.15) is 13.2 Å². The minimum absolute atomic E-state index is 0.0435. The summed E-state index contributed by atoms with van der Waals surface area (Å²) < 4.78 is 39.0. The molecule has 0 aliphatic carbocycles. The Morgan fingerprint density at radius 2 is 2.12 bits per heavy atom. The summed E-state index contributed by atoms with van der Waals surface area (Å²) in [5.74, 6) is -0.536. The van der Waals surface area contributed by atoms with E-state index in [-0.39, 0.29) is 17.3 Å². The fourth-order valence-corrected chi connectivity index (χ4v) is 3.14. The van der Waals surface area contributed by atoms with Crippen molar-refractivity contribution in [2.75, 3.05) is 18.9 Å². The molecule has 0 spiro atoms. The summed E-state index contributed by atoms with van der Waals surface area (Å²) in [6.07, 6.45) is -2.88. The summed E-state index contributed by atoms with van der Waals surface area (Å²) in [6, 6.07) is 3.24. The van der Waals surface area contributed by atoms with E-state index in [1.54, 1.807) is 18.1 Å². The summed E-state index contributed by atoms with van der Waals surface area (Å²) in [4.78, 5) is 18.8. The number of nitrogens with one attached hydrogen (secondary N) is 1. The van der Waals surface area contributed by atoms with Crippen LogP contribution in [0.3, 0.4) is 0 Å². The first-order valence-corrected chi connectivity index (χ1v) is 8.11. The van der Waals surface area contributed by atoms with Gasteiger partial charge >= 0.3 is 6.18 Å². The zero-order chi connectivity index (χ0) is 17.9. The molecule has 0 radical (unpaired) electrons. The van der Waals surface area contributed by atoms with Gasteiger partial charge in [-0.15, -0.1) is 11.3 Å². The lowest BCUT2D eigenvalue weighted by atomic mass is 10.1. The van der Waals surface area contributed by atoms with Crippen LogP contribution in [-0.4, -0.2) is 29.4 Å². The Balaban J connectivity index is 2.02. The molecule has 24 heavy (non-hydrogen) atoms. The minimum atomic E-state index is -4.60. The third-order valence-corrected chi connectivity index (χ3v) is 4.20. The summed E-state index contributed by atoms with van der Waals surface area (Å²) in [5, 5.41) is 3.17. The Morgan fingerprint density at radius 1 is 1.42 bits per heavy atom. The van der Waals surface area contributed by atoms with Gasteiger partial charge in [0, 0.05) is 22.6 Å². The predicted molar refractivity (Wildman–Crippen MR) is 88.3 cm³/mol. The number of amides is 1. The molecule has 130 valence electrons. The van der Waals surface area contributed by atoms with Gasteiger partial charge in [0.25, 0.3) is 0 Å². The minimum Gasteiger partial charge on any atom is -0.324 e. The highest BCUT2D eigenvalue weighted by molar-refractivity contribution is 7.11. The lowest BCUT2D eigenvalue weighted by Crippen LogP contribution is -2.30. The Kier molecular flexibility index (Phi) is 5.84. The number of alkyl halides is 3. The Bertz CT molecular complexity index is 733. The van der Waals surface area contributed by atoms with E-state index < -0.39 is 17.6 Å². The van der Waals surface area contributed by atoms with Gasteiger partial charge in [-0.05, 0) is 32.2 Å². The molecule has 0 atom stereocenters. The van der Waals surface area contributed by atoms with Crippen LogP contribution in [0.2, 0.25) is 5.02 Å². The van der Waals surface area contributed by atoms with Crippen LogP contribution in [-0.2, 0) is 17.5 Å². The van der Waals surface area contributed by atoms with E-state index in [2.05, 4.69) is 10.3 Å². The lowest BCUT2D eigenvalue weighted by molar-refractivity contribution is -0.137. The van der Waals surface area contributed by atoms with E-state index >= 15 is 0 Å². The summed E-state index contributed by atoms with van der Waals surface area (Å²) in [5.41, 5.74) is -1.27. The smallest absolute Gasteiger partial charge is 0.324 e. The van der Waals surface area contributed by atoms with E-state index in [9.17, 15) is 18.0 Å². The van der Waals surface area contributed by atoms with Crippen molar-refractivity contribution in [3.63, 3.8) is 0 Å². The lowest BCUT2D eigenvalue weighted by Gasteiger charge is -2.17. The highest BCUT2D eigenvalue weighted by Gasteiger charge is 2.34. The van der Waals surface area contributed by atoms with Crippen molar-refractivity contribution in [3.05, 3.63) is 44.9 Å². The van der Waals surface area contributed by atoms with Crippen LogP contribution >= 0.6 is 22.9 Å². The Morgan fingerprint density at radius 3 is 2.71 bits per heavy atom. The Hall–Kier alpha value is -1.64. The molecule has 1 aromatic carbocycles. The first kappa shape index (κ1) is 18.7. The quantitative estimate of drug-likeness (QED) is 0.849. The molecular weight excluding hydrogens is 363 g/mol. The second-order valence-corrected chi connectivity index (χ2v) is 7.01. The van der Waals surface area contributed by atoms with Crippen LogP contribution < -0.4 is 5.32 Å². The van der Waals surface area contributed by atoms with Gasteiger partial charge in [0.1, 0.15) is 0 Å². The van der Waals surface area contributed by atoms with Crippen LogP contribution in [0.25, 0.3) is 0 Å². The number of rotatable bonds is 5. The van der Waals surface area contributed by atoms with Gasteiger partial charge in [-0.1, -0.05) is 11.6 Å². The van der Waals surface area contributed by atoms with Crippen LogP contribution in [0.1, 0.15) is 15.4 Å². The molecule has 4 nitrogen and oxygen atoms in total. The van der Waals surface area contributed by atoms with Crippen LogP contribution in [0.15, 0.2) is 24.4 Å². The van der Waals surface area contributed by atoms with Crippen molar-refractivity contribution >= 4 is 34.5 Å². The molecule has 0 fully saturated rings. The van der Waals surface area contributed by atoms with E-state index in [1.165, 1.54) is 17.4 Å². The number of hydrogen-bond donors (Lipinski definition) is 1. The average Bonchev–Trinajstić information content (AvgIpc) is 2.84. The fraction of sp³-hybridized carbons (Fsp3) is 0.333. The molecule has 1 aromatic heterocycles. The van der Waals surface area contributed by atoms with Crippen molar-refractivity contribution in [1.29, 1.82) is 0 Å². The molecular formula is C15H15ClF3N3OS. The maximum absolute atomic E-state index is 13.0. The molecule has 1 N–H and O–H groups in total. The highest BCUT2D eigenvalue weighted by Crippen LogP contribution is 2.36. The number of anilines is 1. The number of aromatic nitrogens is 1. The predicted octanol–water partition coefficient (Wildman–Crippen LogP) is 4.19. The third kappa shape index (κ3) is 5.19. The van der Waals surface area contributed by atoms with Crippen molar-refractivity contribution in [3.8, 4) is 0 Å². The van der Waals surface area contributed by atoms with Gasteiger partial charge < -0.3 is 5.32 Å². The molecule has 2 aromatic rings. The summed E-state index contributed by atoms with van der Waals surface area (Å²) >= 11 is 7.12. The molecule has 0 saturated heterocycles. The topological polar surface area (TPSA) is 45.2 Å². The molecule has 0 unspecified atom stereocenters. The Labute approximate surface area is 146 Å². The number of nitrogens with zero attached hydrogens (tertiary/aromatic N) is 2. The zero-order valence-electron chi connectivity index (χ0n) is 12.9. The molecule has 1 amide bonds. The number of benzene rings is 1. The van der Waals surface area contributed by atoms with Crippen LogP contribution in [0.5, 0.6) is 0 Å². The molecule has 0 saturated carbocycles. The first-order valence-electron chi connectivity index (χ1n) is 6.91. The third-order valence-electron chi connectivity index (χ3n) is 3.07. The summed E-state index contributed by atoms with van der Waals surface area (Å²) in [7, 11) is 1.71. The molecule has 1 heterocycles. The zero-order valence-corrected chi connectivity index (χ0v) is 14.5. The van der Waals surface area contributed by atoms with Gasteiger partial charge in [0.05, 0.1) is 22.8 Å². The van der Waals surface area contributed by atoms with Crippen LogP contribution in [0.4, 0.5) is 18.9 Å². The second kappa shape index (κ2) is 7.50. The highest BCUT2D eigenvalue weighted by atomic mass is 35.5. The standard InChI is InChI=1S/C15H15ClF3N3OS/c1-9-20-6-11(24-9)7-22(2)8-14(23)21-13-4-3-10(16)5-12(13)15(17,18)19/h3-6H,7-8H2,1-2H3,(H,21,23). The van der Waals surface area contributed by atoms with Gasteiger partial charge in [0.2, 0.25) is 5.91 Å². The number of thiazole rings is 1. The van der Waals surface area contributed by atoms with E-state index in [1.807, 2.05) is 6.92 Å². The normalized spacial score (nSPS) is 11.8. The van der Waals surface area contributed by atoms with Crippen molar-refractivity contribution in [2.45, 2.75) is 19.6 Å². The van der Waals surface area contributed by atoms with Gasteiger partial charge in [-0.25, -0.2) is 4.98 Å². The van der Waals surface area contributed by atoms with E-state index in [0.717, 1.165) is 22.0 Å². The molecule has 0 aliphatic rings. The first-order chi connectivity index (χ1) is 11.1. The molecule has 0 bridgehead atoms. The van der Waals surface area contributed by atoms with E-state index in [4.69, 9.17) is 11.6 Å².